The fourth-order valence-electron chi connectivity index (χ4n) is 8.10. The molecule has 19 heteroatoms. The smallest absolute Gasteiger partial charge is 0.222 e. The molecule has 380 valence electrons. The van der Waals surface area contributed by atoms with Crippen LogP contribution in [-0.4, -0.2) is 101 Å². The number of imidazole rings is 2. The molecule has 0 atom stereocenters. The maximum absolute atomic E-state index is 13.5. The molecule has 2 saturated heterocycles. The largest absolute Gasteiger partial charge is 0.364 e. The van der Waals surface area contributed by atoms with Gasteiger partial charge in [0.15, 0.2) is 6.29 Å². The lowest BCUT2D eigenvalue weighted by Gasteiger charge is -2.32. The lowest BCUT2D eigenvalue weighted by Crippen LogP contribution is -2.34. The van der Waals surface area contributed by atoms with Crippen LogP contribution in [0.15, 0.2) is 119 Å². The van der Waals surface area contributed by atoms with Gasteiger partial charge in [-0.05, 0) is 137 Å². The van der Waals surface area contributed by atoms with E-state index in [1.165, 1.54) is 36.6 Å². The molecular formula is C55H58F2N14O3. The predicted octanol–water partition coefficient (Wildman–Crippen LogP) is 9.29. The van der Waals surface area contributed by atoms with Gasteiger partial charge in [0, 0.05) is 81.5 Å². The van der Waals surface area contributed by atoms with Gasteiger partial charge in [-0.3, -0.25) is 9.69 Å². The van der Waals surface area contributed by atoms with Gasteiger partial charge in [0.25, 0.3) is 0 Å². The molecule has 0 saturated carbocycles. The molecule has 6 aromatic heterocycles. The normalized spacial score (nSPS) is 13.1. The minimum Gasteiger partial charge on any atom is -0.364 e. The Morgan fingerprint density at radius 2 is 1.14 bits per heavy atom. The van der Waals surface area contributed by atoms with E-state index in [9.17, 15) is 13.6 Å². The minimum atomic E-state index is -0.270. The van der Waals surface area contributed by atoms with E-state index in [1.54, 1.807) is 70.9 Å². The van der Waals surface area contributed by atoms with Crippen LogP contribution in [0.2, 0.25) is 0 Å². The molecule has 0 bridgehead atoms. The first kappa shape index (κ1) is 54.5. The van der Waals surface area contributed by atoms with Gasteiger partial charge in [0.05, 0.1) is 52.5 Å². The average Bonchev–Trinajstić information content (AvgIpc) is 4.31. The summed E-state index contributed by atoms with van der Waals surface area (Å²) >= 11 is 0. The minimum absolute atomic E-state index is 0. The highest BCUT2D eigenvalue weighted by Crippen LogP contribution is 2.37. The second-order valence-electron chi connectivity index (χ2n) is 16.3. The lowest BCUT2D eigenvalue weighted by molar-refractivity contribution is 0.111. The van der Waals surface area contributed by atoms with Crippen LogP contribution in [0.3, 0.4) is 0 Å². The number of hydrogen-bond donors (Lipinski definition) is 3. The number of aldehydes is 1. The van der Waals surface area contributed by atoms with Crippen molar-refractivity contribution in [3.8, 4) is 80.8 Å². The first-order valence-electron chi connectivity index (χ1n) is 23.5. The van der Waals surface area contributed by atoms with Crippen molar-refractivity contribution in [1.82, 2.24) is 59.6 Å². The van der Waals surface area contributed by atoms with Crippen LogP contribution >= 0.6 is 0 Å². The zero-order valence-electron chi connectivity index (χ0n) is 40.9. The summed E-state index contributed by atoms with van der Waals surface area (Å²) in [6, 6.07) is 20.7. The SMILES string of the molecule is C.CC#CC#CC#CC.CNc1nccc(-c2c(-c3ccc(F)cc3)ncn2C2CCN(Cc3ccon3)CC2)n1.CNc1nccc(-c2c(-c3ccc(F)cc3)ncn2C2CCNCC2)n1.O=Cc1ccon1. The Kier molecular flexibility index (Phi) is 20.8. The molecule has 8 aromatic rings. The number of carbonyl (C=O) groups excluding carboxylic acids is 1. The van der Waals surface area contributed by atoms with Crippen molar-refractivity contribution in [3.63, 3.8) is 0 Å². The number of nitrogens with zero attached hydrogens (tertiary/aromatic N) is 11. The number of carbonyl (C=O) groups is 1. The number of anilines is 2. The molecule has 2 aromatic carbocycles. The van der Waals surface area contributed by atoms with Crippen LogP contribution in [-0.2, 0) is 6.54 Å². The third kappa shape index (κ3) is 14.9. The molecule has 2 fully saturated rings. The first-order chi connectivity index (χ1) is 35.8. The van der Waals surface area contributed by atoms with Crippen LogP contribution in [0.25, 0.3) is 45.3 Å². The second-order valence-corrected chi connectivity index (χ2v) is 16.3. The first-order valence-corrected chi connectivity index (χ1v) is 23.5. The van der Waals surface area contributed by atoms with E-state index in [2.05, 4.69) is 105 Å². The van der Waals surface area contributed by atoms with E-state index in [-0.39, 0.29) is 25.1 Å². The second kappa shape index (κ2) is 28.3. The number of hydrogen-bond acceptors (Lipinski definition) is 15. The fraction of sp³-hybridized carbons (Fsp3) is 0.291. The van der Waals surface area contributed by atoms with Gasteiger partial charge < -0.3 is 34.1 Å². The van der Waals surface area contributed by atoms with E-state index in [1.807, 2.05) is 30.9 Å². The highest BCUT2D eigenvalue weighted by Gasteiger charge is 2.27. The third-order valence-electron chi connectivity index (χ3n) is 11.6. The molecule has 74 heavy (non-hydrogen) atoms. The Morgan fingerprint density at radius 3 is 1.55 bits per heavy atom. The Morgan fingerprint density at radius 1 is 0.649 bits per heavy atom. The standard InChI is InChI=1S/C23H24FN7O.C19H21FN6.C8H6.C4H3NO2.CH4/c1-25-23-26-10-6-20(28-23)22-21(16-2-4-17(24)5-3-16)27-15-31(22)19-7-11-30(12-8-19)14-18-9-13-32-29-18;1-21-19-23-11-8-16(25-19)18-17(13-2-4-14(20)5-3-13)24-12-26(18)15-6-9-22-10-7-15;1-3-5-7-8-6-4-2;6-3-4-1-2-7-5-4;/h2-6,9-10,13,15,19H,7-8,11-12,14H2,1H3,(H,25,26,28);2-5,8,11-12,15,22H,6-7,9-10H2,1H3,(H,21,23,25);1-2H3;1-3H;1H4. The summed E-state index contributed by atoms with van der Waals surface area (Å²) in [5, 5.41) is 16.7. The highest BCUT2D eigenvalue weighted by molar-refractivity contribution is 5.78. The number of halogens is 2. The average molecular weight is 1000 g/mol. The quantitative estimate of drug-likeness (QED) is 0.0819. The zero-order valence-corrected chi connectivity index (χ0v) is 40.9. The van der Waals surface area contributed by atoms with Crippen LogP contribution in [0.1, 0.15) is 75.2 Å². The third-order valence-corrected chi connectivity index (χ3v) is 11.6. The molecule has 17 nitrogen and oxygen atoms in total. The summed E-state index contributed by atoms with van der Waals surface area (Å²) in [4.78, 5) is 39.3. The summed E-state index contributed by atoms with van der Waals surface area (Å²) in [7, 11) is 3.59. The highest BCUT2D eigenvalue weighted by atomic mass is 19.1. The van der Waals surface area contributed by atoms with E-state index in [0.29, 0.717) is 29.9 Å². The molecule has 0 radical (unpaired) electrons. The Labute approximate surface area is 429 Å². The van der Waals surface area contributed by atoms with E-state index in [0.717, 1.165) is 109 Å². The van der Waals surface area contributed by atoms with Gasteiger partial charge in [-0.2, -0.15) is 0 Å². The van der Waals surface area contributed by atoms with Gasteiger partial charge in [0.2, 0.25) is 11.9 Å². The molecule has 2 aliphatic heterocycles. The van der Waals surface area contributed by atoms with E-state index in [4.69, 9.17) is 9.51 Å². The number of aromatic nitrogens is 10. The fourth-order valence-corrected chi connectivity index (χ4v) is 8.10. The van der Waals surface area contributed by atoms with Crippen LogP contribution < -0.4 is 16.0 Å². The Hall–Kier alpha value is -8.83. The topological polar surface area (TPSA) is 196 Å². The van der Waals surface area contributed by atoms with Crippen molar-refractivity contribution in [2.45, 2.75) is 65.6 Å². The van der Waals surface area contributed by atoms with Crippen molar-refractivity contribution >= 4 is 18.2 Å². The van der Waals surface area contributed by atoms with Gasteiger partial charge >= 0.3 is 0 Å². The molecule has 10 rings (SSSR count). The van der Waals surface area contributed by atoms with Gasteiger partial charge in [-0.15, -0.1) is 0 Å². The van der Waals surface area contributed by atoms with Gasteiger partial charge in [-0.1, -0.05) is 29.6 Å². The number of benzene rings is 2. The van der Waals surface area contributed by atoms with Crippen LogP contribution in [0.4, 0.5) is 20.7 Å². The maximum Gasteiger partial charge on any atom is 0.222 e. The molecule has 2 aliphatic rings. The molecule has 3 N–H and O–H groups in total. The molecule has 0 amide bonds. The zero-order chi connectivity index (χ0) is 51.2. The van der Waals surface area contributed by atoms with Crippen LogP contribution in [0, 0.1) is 47.2 Å². The summed E-state index contributed by atoms with van der Waals surface area (Å²) in [6.07, 6.45) is 14.9. The molecular weight excluding hydrogens is 943 g/mol. The van der Waals surface area contributed by atoms with E-state index >= 15 is 0 Å². The van der Waals surface area contributed by atoms with Crippen LogP contribution in [0.5, 0.6) is 0 Å². The number of rotatable bonds is 11. The molecule has 0 spiro atoms. The summed E-state index contributed by atoms with van der Waals surface area (Å²) < 4.78 is 40.6. The van der Waals surface area contributed by atoms with Crippen molar-refractivity contribution in [2.24, 2.45) is 0 Å². The Bertz CT molecular complexity index is 3140. The Balaban J connectivity index is 0.000000189. The van der Waals surface area contributed by atoms with Gasteiger partial charge in [-0.25, -0.2) is 38.7 Å². The molecule has 0 aliphatic carbocycles. The van der Waals surface area contributed by atoms with E-state index < -0.39 is 0 Å². The number of piperidine rings is 2. The number of likely N-dealkylation sites (tertiary alicyclic amines) is 1. The predicted molar refractivity (Wildman–Crippen MR) is 281 cm³/mol. The lowest BCUT2D eigenvalue weighted by atomic mass is 10.0. The summed E-state index contributed by atoms with van der Waals surface area (Å²) in [5.41, 5.74) is 8.07. The number of nitrogens with one attached hydrogen (secondary N) is 3. The van der Waals surface area contributed by atoms with Crippen molar-refractivity contribution < 1.29 is 22.6 Å². The maximum atomic E-state index is 13.5. The van der Waals surface area contributed by atoms with Crippen molar-refractivity contribution in [3.05, 3.63) is 133 Å². The summed E-state index contributed by atoms with van der Waals surface area (Å²) in [5.74, 6) is 16.1. The van der Waals surface area contributed by atoms with Crippen molar-refractivity contribution in [2.75, 3.05) is 50.9 Å². The summed E-state index contributed by atoms with van der Waals surface area (Å²) in [6.45, 7) is 8.15. The molecule has 8 heterocycles. The monoisotopic (exact) mass is 1000 g/mol. The molecule has 0 unspecified atom stereocenters. The van der Waals surface area contributed by atoms with Gasteiger partial charge in [0.1, 0.15) is 29.9 Å². The van der Waals surface area contributed by atoms with Crippen molar-refractivity contribution in [1.29, 1.82) is 0 Å².